The highest BCUT2D eigenvalue weighted by Crippen LogP contribution is 2.45. The standard InChI is InChI=1S/C60H116O17P2/c1-6-9-12-15-18-20-22-23-24-26-29-35-40-45-59(64)76-55(50-71-58(63)44-39-34-28-25-21-19-16-13-10-7-2)51-74-78(66,67)72-47-54(61)48-73-79(68,69)75-52-56(49-70-57(62)43-38-33-27-17-14-11-8-3)77-60(65)46-41-36-31-30-32-37-42-53(4)5/h53-56,61H,6-52H2,1-5H3,(H,66,67)(H,68,69)/t54-,55-,56-/m1/s1. The van der Waals surface area contributed by atoms with E-state index in [2.05, 4.69) is 34.6 Å². The molecule has 0 spiro atoms. The molecule has 468 valence electrons. The lowest BCUT2D eigenvalue weighted by atomic mass is 10.0. The molecule has 0 amide bonds. The molecular weight excluding hydrogens is 1050 g/mol. The van der Waals surface area contributed by atoms with Crippen molar-refractivity contribution in [3.63, 3.8) is 0 Å². The zero-order chi connectivity index (χ0) is 58.5. The highest BCUT2D eigenvalue weighted by molar-refractivity contribution is 7.47. The summed E-state index contributed by atoms with van der Waals surface area (Å²) in [7, 11) is -9.87. The van der Waals surface area contributed by atoms with Gasteiger partial charge < -0.3 is 33.8 Å². The number of phosphoric ester groups is 2. The summed E-state index contributed by atoms with van der Waals surface area (Å²) in [5, 5.41) is 10.5. The monoisotopic (exact) mass is 1170 g/mol. The van der Waals surface area contributed by atoms with E-state index in [1.165, 1.54) is 109 Å². The number of phosphoric acid groups is 2. The number of carbonyl (C=O) groups is 4. The molecule has 0 aliphatic heterocycles. The molecular formula is C60H116O17P2. The first-order valence-corrected chi connectivity index (χ1v) is 34.6. The lowest BCUT2D eigenvalue weighted by Crippen LogP contribution is -2.30. The van der Waals surface area contributed by atoms with E-state index >= 15 is 0 Å². The van der Waals surface area contributed by atoms with Crippen molar-refractivity contribution >= 4 is 39.5 Å². The van der Waals surface area contributed by atoms with Gasteiger partial charge in [-0.05, 0) is 31.6 Å². The van der Waals surface area contributed by atoms with Gasteiger partial charge in [0.2, 0.25) is 0 Å². The van der Waals surface area contributed by atoms with Crippen molar-refractivity contribution in [1.82, 2.24) is 0 Å². The van der Waals surface area contributed by atoms with Gasteiger partial charge in [0.05, 0.1) is 26.4 Å². The fourth-order valence-corrected chi connectivity index (χ4v) is 10.5. The molecule has 19 heteroatoms. The average Bonchev–Trinajstić information content (AvgIpc) is 3.41. The molecule has 79 heavy (non-hydrogen) atoms. The molecule has 0 aromatic carbocycles. The van der Waals surface area contributed by atoms with Crippen LogP contribution >= 0.6 is 15.6 Å². The second-order valence-electron chi connectivity index (χ2n) is 22.2. The van der Waals surface area contributed by atoms with Crippen molar-refractivity contribution in [3.05, 3.63) is 0 Å². The predicted molar refractivity (Wildman–Crippen MR) is 312 cm³/mol. The van der Waals surface area contributed by atoms with Crippen LogP contribution in [0.2, 0.25) is 0 Å². The summed E-state index contributed by atoms with van der Waals surface area (Å²) in [6, 6.07) is 0. The Labute approximate surface area is 479 Å². The third kappa shape index (κ3) is 55.0. The highest BCUT2D eigenvalue weighted by atomic mass is 31.2. The van der Waals surface area contributed by atoms with Crippen molar-refractivity contribution in [3.8, 4) is 0 Å². The molecule has 0 aromatic rings. The van der Waals surface area contributed by atoms with Crippen molar-refractivity contribution in [2.75, 3.05) is 39.6 Å². The normalized spacial score (nSPS) is 14.3. The van der Waals surface area contributed by atoms with Crippen LogP contribution in [0.5, 0.6) is 0 Å². The number of aliphatic hydroxyl groups is 1. The molecule has 0 heterocycles. The first-order valence-electron chi connectivity index (χ1n) is 31.6. The van der Waals surface area contributed by atoms with E-state index in [1.54, 1.807) is 0 Å². The van der Waals surface area contributed by atoms with Crippen LogP contribution in [0.25, 0.3) is 0 Å². The molecule has 5 atom stereocenters. The van der Waals surface area contributed by atoms with Crippen LogP contribution in [0.1, 0.15) is 298 Å². The van der Waals surface area contributed by atoms with E-state index in [-0.39, 0.29) is 25.7 Å². The minimum absolute atomic E-state index is 0.102. The predicted octanol–water partition coefficient (Wildman–Crippen LogP) is 16.2. The Morgan fingerprint density at radius 1 is 0.342 bits per heavy atom. The van der Waals surface area contributed by atoms with E-state index in [1.807, 2.05) is 0 Å². The van der Waals surface area contributed by atoms with E-state index in [0.29, 0.717) is 31.6 Å². The number of esters is 4. The SMILES string of the molecule is CCCCCCCCCCCCCCCC(=O)O[C@H](COC(=O)CCCCCCCCCCCC)COP(=O)(O)OC[C@@H](O)COP(=O)(O)OC[C@@H](COC(=O)CCCCCCCCC)OC(=O)CCCCCCCCC(C)C. The Hall–Kier alpha value is -1.94. The Kier molecular flexibility index (Phi) is 52.7. The van der Waals surface area contributed by atoms with Crippen molar-refractivity contribution in [2.24, 2.45) is 5.92 Å². The summed E-state index contributed by atoms with van der Waals surface area (Å²) in [5.74, 6) is -1.48. The maximum atomic E-state index is 12.9. The van der Waals surface area contributed by atoms with Crippen LogP contribution in [-0.4, -0.2) is 96.7 Å². The summed E-state index contributed by atoms with van der Waals surface area (Å²) in [5.41, 5.74) is 0. The van der Waals surface area contributed by atoms with Gasteiger partial charge in [0.15, 0.2) is 12.2 Å². The van der Waals surface area contributed by atoms with Gasteiger partial charge in [-0.2, -0.15) is 0 Å². The Bertz CT molecular complexity index is 1550. The minimum atomic E-state index is -4.94. The van der Waals surface area contributed by atoms with Crippen molar-refractivity contribution < 1.29 is 80.2 Å². The summed E-state index contributed by atoms with van der Waals surface area (Å²) in [6.45, 7) is 7.02. The zero-order valence-corrected chi connectivity index (χ0v) is 52.3. The number of rotatable bonds is 60. The third-order valence-electron chi connectivity index (χ3n) is 13.8. The molecule has 0 rings (SSSR count). The fourth-order valence-electron chi connectivity index (χ4n) is 8.88. The van der Waals surface area contributed by atoms with E-state index in [9.17, 15) is 43.2 Å². The van der Waals surface area contributed by atoms with Crippen LogP contribution < -0.4 is 0 Å². The topological polar surface area (TPSA) is 237 Å². The van der Waals surface area contributed by atoms with Crippen LogP contribution in [0.15, 0.2) is 0 Å². The van der Waals surface area contributed by atoms with Crippen LogP contribution in [-0.2, 0) is 65.4 Å². The van der Waals surface area contributed by atoms with Gasteiger partial charge in [0, 0.05) is 25.7 Å². The Morgan fingerprint density at radius 2 is 0.582 bits per heavy atom. The van der Waals surface area contributed by atoms with Crippen molar-refractivity contribution in [2.45, 2.75) is 316 Å². The first-order chi connectivity index (χ1) is 38.0. The molecule has 0 saturated carbocycles. The first kappa shape index (κ1) is 77.1. The third-order valence-corrected chi connectivity index (χ3v) is 15.7. The van der Waals surface area contributed by atoms with Crippen molar-refractivity contribution in [1.29, 1.82) is 0 Å². The Morgan fingerprint density at radius 3 is 0.861 bits per heavy atom. The second-order valence-corrected chi connectivity index (χ2v) is 25.1. The van der Waals surface area contributed by atoms with Gasteiger partial charge in [-0.1, -0.05) is 247 Å². The molecule has 0 aliphatic carbocycles. The molecule has 2 unspecified atom stereocenters. The summed E-state index contributed by atoms with van der Waals surface area (Å²) in [4.78, 5) is 71.8. The van der Waals surface area contributed by atoms with Gasteiger partial charge >= 0.3 is 39.5 Å². The average molecular weight is 1170 g/mol. The quantitative estimate of drug-likeness (QED) is 0.0222. The minimum Gasteiger partial charge on any atom is -0.462 e. The molecule has 0 radical (unpaired) electrons. The lowest BCUT2D eigenvalue weighted by molar-refractivity contribution is -0.161. The number of hydrogen-bond donors (Lipinski definition) is 3. The van der Waals surface area contributed by atoms with Gasteiger partial charge in [0.25, 0.3) is 0 Å². The maximum absolute atomic E-state index is 12.9. The van der Waals surface area contributed by atoms with Gasteiger partial charge in [-0.15, -0.1) is 0 Å². The van der Waals surface area contributed by atoms with Crippen LogP contribution in [0, 0.1) is 5.92 Å². The fraction of sp³-hybridized carbons (Fsp3) is 0.933. The molecule has 17 nitrogen and oxygen atoms in total. The van der Waals surface area contributed by atoms with E-state index in [4.69, 9.17) is 37.0 Å². The zero-order valence-electron chi connectivity index (χ0n) is 50.5. The summed E-state index contributed by atoms with van der Waals surface area (Å²) in [6.07, 6.45) is 36.4. The molecule has 0 saturated heterocycles. The van der Waals surface area contributed by atoms with Crippen LogP contribution in [0.4, 0.5) is 0 Å². The smallest absolute Gasteiger partial charge is 0.462 e. The molecule has 0 aliphatic rings. The number of unbranched alkanes of at least 4 members (excludes halogenated alkanes) is 32. The van der Waals surface area contributed by atoms with Gasteiger partial charge in [-0.25, -0.2) is 9.13 Å². The summed E-state index contributed by atoms with van der Waals surface area (Å²) < 4.78 is 67.7. The summed E-state index contributed by atoms with van der Waals surface area (Å²) >= 11 is 0. The number of aliphatic hydroxyl groups excluding tert-OH is 1. The van der Waals surface area contributed by atoms with Crippen LogP contribution in [0.3, 0.4) is 0 Å². The largest absolute Gasteiger partial charge is 0.472 e. The molecule has 0 fully saturated rings. The lowest BCUT2D eigenvalue weighted by Gasteiger charge is -2.21. The molecule has 3 N–H and O–H groups in total. The van der Waals surface area contributed by atoms with E-state index < -0.39 is 97.5 Å². The molecule has 0 bridgehead atoms. The Balaban J connectivity index is 5.21. The van der Waals surface area contributed by atoms with Gasteiger partial charge in [0.1, 0.15) is 19.3 Å². The number of hydrogen-bond acceptors (Lipinski definition) is 15. The van der Waals surface area contributed by atoms with E-state index in [0.717, 1.165) is 103 Å². The second kappa shape index (κ2) is 54.0. The van der Waals surface area contributed by atoms with Gasteiger partial charge in [-0.3, -0.25) is 37.3 Å². The maximum Gasteiger partial charge on any atom is 0.472 e. The molecule has 0 aromatic heterocycles. The number of carbonyl (C=O) groups excluding carboxylic acids is 4. The highest BCUT2D eigenvalue weighted by Gasteiger charge is 2.30. The number of ether oxygens (including phenoxy) is 4.